The van der Waals surface area contributed by atoms with Gasteiger partial charge < -0.3 is 5.73 Å². The summed E-state index contributed by atoms with van der Waals surface area (Å²) in [6.07, 6.45) is 1.77. The molecule has 0 spiro atoms. The highest BCUT2D eigenvalue weighted by Crippen LogP contribution is 2.24. The van der Waals surface area contributed by atoms with E-state index in [1.165, 1.54) is 0 Å². The van der Waals surface area contributed by atoms with Gasteiger partial charge in [0.25, 0.3) is 5.56 Å². The van der Waals surface area contributed by atoms with E-state index in [4.69, 9.17) is 5.73 Å². The number of rotatable bonds is 0. The van der Waals surface area contributed by atoms with Gasteiger partial charge in [-0.05, 0) is 18.2 Å². The summed E-state index contributed by atoms with van der Waals surface area (Å²) >= 11 is 0. The molecule has 0 amide bonds. The Kier molecular flexibility index (Phi) is 1.75. The number of nitrogens with zero attached hydrogens (tertiary/aromatic N) is 3. The SMILES string of the molecule is CN1Cc2cnc3nc(N)[nH]c(=O)c3c2C1. The summed E-state index contributed by atoms with van der Waals surface area (Å²) < 4.78 is 0. The van der Waals surface area contributed by atoms with Crippen LogP contribution in [0.4, 0.5) is 5.95 Å². The molecule has 1 aliphatic rings. The lowest BCUT2D eigenvalue weighted by Crippen LogP contribution is -2.14. The van der Waals surface area contributed by atoms with Crippen LogP contribution < -0.4 is 11.3 Å². The van der Waals surface area contributed by atoms with Crippen LogP contribution in [0.2, 0.25) is 0 Å². The van der Waals surface area contributed by atoms with Crippen LogP contribution in [0.15, 0.2) is 11.0 Å². The van der Waals surface area contributed by atoms with E-state index < -0.39 is 0 Å². The quantitative estimate of drug-likeness (QED) is 0.640. The van der Waals surface area contributed by atoms with Gasteiger partial charge in [-0.3, -0.25) is 14.7 Å². The van der Waals surface area contributed by atoms with Gasteiger partial charge in [0.2, 0.25) is 5.95 Å². The molecule has 82 valence electrons. The van der Waals surface area contributed by atoms with Gasteiger partial charge in [-0.15, -0.1) is 0 Å². The summed E-state index contributed by atoms with van der Waals surface area (Å²) in [7, 11) is 2.00. The maximum absolute atomic E-state index is 11.8. The Morgan fingerprint density at radius 2 is 2.31 bits per heavy atom. The van der Waals surface area contributed by atoms with Gasteiger partial charge in [0.15, 0.2) is 5.65 Å². The zero-order chi connectivity index (χ0) is 11.3. The maximum Gasteiger partial charge on any atom is 0.262 e. The summed E-state index contributed by atoms with van der Waals surface area (Å²) in [5, 5.41) is 0.566. The Balaban J connectivity index is 2.42. The second-order valence-electron chi connectivity index (χ2n) is 4.08. The Morgan fingerprint density at radius 1 is 1.50 bits per heavy atom. The number of nitrogens with one attached hydrogen (secondary N) is 1. The summed E-state index contributed by atoms with van der Waals surface area (Å²) in [5.74, 6) is 0.108. The molecule has 0 atom stereocenters. The van der Waals surface area contributed by atoms with Crippen molar-refractivity contribution in [2.75, 3.05) is 12.8 Å². The average molecular weight is 217 g/mol. The molecule has 0 unspecified atom stereocenters. The number of hydrogen-bond donors (Lipinski definition) is 2. The zero-order valence-electron chi connectivity index (χ0n) is 8.82. The van der Waals surface area contributed by atoms with E-state index in [1.54, 1.807) is 6.20 Å². The highest BCUT2D eigenvalue weighted by atomic mass is 16.1. The molecular formula is C10H11N5O. The van der Waals surface area contributed by atoms with Gasteiger partial charge in [0.1, 0.15) is 0 Å². The number of hydrogen-bond acceptors (Lipinski definition) is 5. The average Bonchev–Trinajstić information content (AvgIpc) is 2.56. The van der Waals surface area contributed by atoms with E-state index >= 15 is 0 Å². The first kappa shape index (κ1) is 9.29. The molecular weight excluding hydrogens is 206 g/mol. The first-order valence-corrected chi connectivity index (χ1v) is 5.00. The van der Waals surface area contributed by atoms with Crippen molar-refractivity contribution in [3.63, 3.8) is 0 Å². The van der Waals surface area contributed by atoms with E-state index in [0.29, 0.717) is 11.0 Å². The monoisotopic (exact) mass is 217 g/mol. The molecule has 0 bridgehead atoms. The maximum atomic E-state index is 11.8. The minimum atomic E-state index is -0.206. The summed E-state index contributed by atoms with van der Waals surface area (Å²) in [6.45, 7) is 1.57. The molecule has 0 saturated heterocycles. The van der Waals surface area contributed by atoms with Gasteiger partial charge >= 0.3 is 0 Å². The number of H-pyrrole nitrogens is 1. The van der Waals surface area contributed by atoms with Crippen molar-refractivity contribution in [3.8, 4) is 0 Å². The smallest absolute Gasteiger partial charge is 0.262 e. The number of anilines is 1. The van der Waals surface area contributed by atoms with Crippen LogP contribution in [0.25, 0.3) is 11.0 Å². The first-order chi connectivity index (χ1) is 7.65. The molecule has 6 heteroatoms. The third kappa shape index (κ3) is 1.20. The molecule has 2 aromatic rings. The third-order valence-electron chi connectivity index (χ3n) is 2.82. The summed E-state index contributed by atoms with van der Waals surface area (Å²) in [4.78, 5) is 24.7. The molecule has 0 aliphatic carbocycles. The van der Waals surface area contributed by atoms with Crippen molar-refractivity contribution in [1.29, 1.82) is 0 Å². The van der Waals surface area contributed by atoms with E-state index in [9.17, 15) is 4.79 Å². The topological polar surface area (TPSA) is 87.9 Å². The number of nitrogen functional groups attached to an aromatic ring is 1. The number of fused-ring (bicyclic) bond motifs is 3. The van der Waals surface area contributed by atoms with Gasteiger partial charge in [-0.25, -0.2) is 4.98 Å². The van der Waals surface area contributed by atoms with Gasteiger partial charge in [-0.1, -0.05) is 0 Å². The van der Waals surface area contributed by atoms with Gasteiger partial charge in [0, 0.05) is 19.3 Å². The van der Waals surface area contributed by atoms with Crippen LogP contribution in [0.1, 0.15) is 11.1 Å². The van der Waals surface area contributed by atoms with Crippen molar-refractivity contribution >= 4 is 17.0 Å². The van der Waals surface area contributed by atoms with Crippen LogP contribution in [-0.2, 0) is 13.1 Å². The molecule has 3 N–H and O–H groups in total. The Hall–Kier alpha value is -1.95. The molecule has 6 nitrogen and oxygen atoms in total. The van der Waals surface area contributed by atoms with Crippen LogP contribution in [0, 0.1) is 0 Å². The fraction of sp³-hybridized carbons (Fsp3) is 0.300. The van der Waals surface area contributed by atoms with E-state index in [0.717, 1.165) is 24.2 Å². The molecule has 0 aromatic carbocycles. The van der Waals surface area contributed by atoms with Crippen molar-refractivity contribution < 1.29 is 0 Å². The van der Waals surface area contributed by atoms with E-state index in [1.807, 2.05) is 7.05 Å². The van der Waals surface area contributed by atoms with E-state index in [-0.39, 0.29) is 11.5 Å². The number of aromatic nitrogens is 3. The lowest BCUT2D eigenvalue weighted by Gasteiger charge is -2.03. The molecule has 1 aliphatic heterocycles. The van der Waals surface area contributed by atoms with Crippen LogP contribution in [0.3, 0.4) is 0 Å². The fourth-order valence-electron chi connectivity index (χ4n) is 2.15. The van der Waals surface area contributed by atoms with E-state index in [2.05, 4.69) is 19.9 Å². The van der Waals surface area contributed by atoms with Gasteiger partial charge in [-0.2, -0.15) is 4.98 Å². The van der Waals surface area contributed by atoms with Crippen LogP contribution in [0.5, 0.6) is 0 Å². The molecule has 0 saturated carbocycles. The Bertz CT molecular complexity index is 633. The third-order valence-corrected chi connectivity index (χ3v) is 2.82. The van der Waals surface area contributed by atoms with Crippen molar-refractivity contribution in [2.24, 2.45) is 0 Å². The normalized spacial score (nSPS) is 15.6. The predicted octanol–water partition coefficient (Wildman–Crippen LogP) is -0.154. The highest BCUT2D eigenvalue weighted by Gasteiger charge is 2.21. The second-order valence-corrected chi connectivity index (χ2v) is 4.08. The second kappa shape index (κ2) is 3.02. The Morgan fingerprint density at radius 3 is 3.12 bits per heavy atom. The van der Waals surface area contributed by atoms with Crippen LogP contribution in [-0.4, -0.2) is 26.9 Å². The van der Waals surface area contributed by atoms with Crippen molar-refractivity contribution in [1.82, 2.24) is 19.9 Å². The Labute approximate surface area is 91.1 Å². The minimum absolute atomic E-state index is 0.108. The predicted molar refractivity (Wildman–Crippen MR) is 59.7 cm³/mol. The number of nitrogens with two attached hydrogens (primary N) is 1. The lowest BCUT2D eigenvalue weighted by molar-refractivity contribution is 0.353. The highest BCUT2D eigenvalue weighted by molar-refractivity contribution is 5.79. The molecule has 16 heavy (non-hydrogen) atoms. The molecule has 2 aromatic heterocycles. The molecule has 0 fully saturated rings. The largest absolute Gasteiger partial charge is 0.369 e. The summed E-state index contributed by atoms with van der Waals surface area (Å²) in [6, 6.07) is 0. The minimum Gasteiger partial charge on any atom is -0.369 e. The van der Waals surface area contributed by atoms with Crippen LogP contribution >= 0.6 is 0 Å². The summed E-state index contributed by atoms with van der Waals surface area (Å²) in [5.41, 5.74) is 7.80. The number of aromatic amines is 1. The molecule has 3 rings (SSSR count). The van der Waals surface area contributed by atoms with Crippen molar-refractivity contribution in [2.45, 2.75) is 13.1 Å². The molecule has 3 heterocycles. The first-order valence-electron chi connectivity index (χ1n) is 5.00. The van der Waals surface area contributed by atoms with Gasteiger partial charge in [0.05, 0.1) is 5.39 Å². The number of pyridine rings is 1. The zero-order valence-corrected chi connectivity index (χ0v) is 8.82. The standard InChI is InChI=1S/C10H11N5O/c1-15-3-5-2-12-8-7(6(5)4-15)9(16)14-10(11)13-8/h2H,3-4H2,1H3,(H3,11,12,13,14,16). The van der Waals surface area contributed by atoms with Crippen molar-refractivity contribution in [3.05, 3.63) is 27.7 Å². The fourth-order valence-corrected chi connectivity index (χ4v) is 2.15. The lowest BCUT2D eigenvalue weighted by atomic mass is 10.1. The molecule has 0 radical (unpaired) electrons.